The lowest BCUT2D eigenvalue weighted by Crippen LogP contribution is -2.07. The average molecular weight is 474 g/mol. The molecule has 0 bridgehead atoms. The van der Waals surface area contributed by atoms with E-state index >= 15 is 0 Å². The molecule has 0 aliphatic rings. The Morgan fingerprint density at radius 3 is 2.67 bits per heavy atom. The number of benzene rings is 2. The van der Waals surface area contributed by atoms with E-state index < -0.39 is 0 Å². The highest BCUT2D eigenvalue weighted by molar-refractivity contribution is 14.1. The predicted molar refractivity (Wildman–Crippen MR) is 112 cm³/mol. The summed E-state index contributed by atoms with van der Waals surface area (Å²) in [7, 11) is 1.67. The maximum Gasteiger partial charge on any atom is 0.145 e. The topological polar surface area (TPSA) is 54.1 Å². The van der Waals surface area contributed by atoms with E-state index in [2.05, 4.69) is 39.7 Å². The van der Waals surface area contributed by atoms with Gasteiger partial charge in [0.2, 0.25) is 0 Å². The van der Waals surface area contributed by atoms with E-state index in [0.717, 1.165) is 26.0 Å². The molecule has 7 heteroatoms. The Bertz CT molecular complexity index is 1030. The maximum absolute atomic E-state index is 6.01. The monoisotopic (exact) mass is 474 g/mol. The van der Waals surface area contributed by atoms with E-state index in [1.54, 1.807) is 19.6 Å². The van der Waals surface area contributed by atoms with Crippen LogP contribution in [0, 0.1) is 3.70 Å². The number of fused-ring (bicyclic) bond motifs is 1. The summed E-state index contributed by atoms with van der Waals surface area (Å²) in [6, 6.07) is 14.3. The van der Waals surface area contributed by atoms with E-state index in [0.29, 0.717) is 19.8 Å². The van der Waals surface area contributed by atoms with Gasteiger partial charge in [-0.05, 0) is 40.3 Å². The van der Waals surface area contributed by atoms with E-state index in [9.17, 15) is 0 Å². The Hall–Kier alpha value is -2.39. The van der Waals surface area contributed by atoms with Crippen molar-refractivity contribution in [1.29, 1.82) is 0 Å². The Kier molecular flexibility index (Phi) is 5.40. The van der Waals surface area contributed by atoms with Crippen molar-refractivity contribution < 1.29 is 9.47 Å². The zero-order valence-electron chi connectivity index (χ0n) is 14.9. The number of hydrogen-bond donors (Lipinski definition) is 0. The van der Waals surface area contributed by atoms with Gasteiger partial charge in [-0.2, -0.15) is 5.10 Å². The lowest BCUT2D eigenvalue weighted by atomic mass is 10.2. The fraction of sp³-hybridized carbons (Fsp3) is 0.200. The number of aromatic nitrogens is 4. The van der Waals surface area contributed by atoms with Crippen LogP contribution in [0.5, 0.6) is 5.75 Å². The number of imidazole rings is 1. The zero-order valence-corrected chi connectivity index (χ0v) is 17.0. The summed E-state index contributed by atoms with van der Waals surface area (Å²) < 4.78 is 16.1. The first-order valence-corrected chi connectivity index (χ1v) is 9.69. The minimum atomic E-state index is 0.489. The van der Waals surface area contributed by atoms with Crippen molar-refractivity contribution in [2.24, 2.45) is 0 Å². The molecular formula is C20H19IN4O2. The van der Waals surface area contributed by atoms with Crippen molar-refractivity contribution in [2.75, 3.05) is 20.3 Å². The number of nitrogens with zero attached hydrogens (tertiary/aromatic N) is 4. The Morgan fingerprint density at radius 1 is 1.07 bits per heavy atom. The molecule has 2 aromatic carbocycles. The number of hydrogen-bond acceptors (Lipinski definition) is 4. The minimum Gasteiger partial charge on any atom is -0.489 e. The molecule has 0 aliphatic heterocycles. The van der Waals surface area contributed by atoms with Crippen molar-refractivity contribution in [3.8, 4) is 11.4 Å². The highest BCUT2D eigenvalue weighted by atomic mass is 127. The molecule has 4 rings (SSSR count). The van der Waals surface area contributed by atoms with Crippen LogP contribution in [0.2, 0.25) is 0 Å². The SMILES string of the molecule is COCCOc1ccc(-n2ccnc2)c2c(I)nn(Cc3ccccc3)c12. The van der Waals surface area contributed by atoms with Gasteiger partial charge in [0.05, 0.1) is 30.6 Å². The first-order chi connectivity index (χ1) is 13.3. The molecule has 2 heterocycles. The molecule has 6 nitrogen and oxygen atoms in total. The molecule has 0 spiro atoms. The molecule has 0 amide bonds. The van der Waals surface area contributed by atoms with Gasteiger partial charge in [-0.15, -0.1) is 0 Å². The molecule has 0 N–H and O–H groups in total. The van der Waals surface area contributed by atoms with Gasteiger partial charge in [-0.1, -0.05) is 30.3 Å². The third kappa shape index (κ3) is 3.70. The lowest BCUT2D eigenvalue weighted by Gasteiger charge is -2.12. The lowest BCUT2D eigenvalue weighted by molar-refractivity contribution is 0.147. The number of methoxy groups -OCH3 is 1. The van der Waals surface area contributed by atoms with Crippen molar-refractivity contribution in [1.82, 2.24) is 19.3 Å². The van der Waals surface area contributed by atoms with Crippen LogP contribution in [0.15, 0.2) is 61.2 Å². The zero-order chi connectivity index (χ0) is 18.6. The van der Waals surface area contributed by atoms with Crippen LogP contribution in [0.4, 0.5) is 0 Å². The van der Waals surface area contributed by atoms with Gasteiger partial charge < -0.3 is 14.0 Å². The van der Waals surface area contributed by atoms with Crippen LogP contribution in [0.3, 0.4) is 0 Å². The van der Waals surface area contributed by atoms with Gasteiger partial charge in [0.25, 0.3) is 0 Å². The predicted octanol–water partition coefficient (Wildman–Crippen LogP) is 3.90. The molecule has 0 fully saturated rings. The Balaban J connectivity index is 1.85. The molecule has 138 valence electrons. The maximum atomic E-state index is 6.01. The molecule has 4 aromatic rings. The van der Waals surface area contributed by atoms with Gasteiger partial charge in [0, 0.05) is 19.5 Å². The summed E-state index contributed by atoms with van der Waals surface area (Å²) in [6.45, 7) is 1.70. The second kappa shape index (κ2) is 8.10. The van der Waals surface area contributed by atoms with Gasteiger partial charge >= 0.3 is 0 Å². The van der Waals surface area contributed by atoms with Crippen molar-refractivity contribution in [2.45, 2.75) is 6.54 Å². The molecule has 0 atom stereocenters. The molecule has 0 radical (unpaired) electrons. The Morgan fingerprint density at radius 2 is 1.93 bits per heavy atom. The van der Waals surface area contributed by atoms with Crippen LogP contribution in [-0.2, 0) is 11.3 Å². The third-order valence-electron chi connectivity index (χ3n) is 4.29. The summed E-state index contributed by atoms with van der Waals surface area (Å²) >= 11 is 2.29. The molecular weight excluding hydrogens is 455 g/mol. The molecule has 2 aromatic heterocycles. The highest BCUT2D eigenvalue weighted by Gasteiger charge is 2.18. The van der Waals surface area contributed by atoms with Crippen LogP contribution in [0.1, 0.15) is 5.56 Å². The van der Waals surface area contributed by atoms with Crippen LogP contribution < -0.4 is 4.74 Å². The minimum absolute atomic E-state index is 0.489. The number of halogens is 1. The summed E-state index contributed by atoms with van der Waals surface area (Å²) in [4.78, 5) is 4.18. The quantitative estimate of drug-likeness (QED) is 0.301. The summed E-state index contributed by atoms with van der Waals surface area (Å²) in [5.74, 6) is 0.803. The largest absolute Gasteiger partial charge is 0.489 e. The second-order valence-electron chi connectivity index (χ2n) is 6.05. The van der Waals surface area contributed by atoms with Crippen molar-refractivity contribution in [3.63, 3.8) is 0 Å². The van der Waals surface area contributed by atoms with E-state index in [1.165, 1.54) is 5.56 Å². The first-order valence-electron chi connectivity index (χ1n) is 8.61. The number of rotatable bonds is 7. The van der Waals surface area contributed by atoms with Gasteiger partial charge in [0.15, 0.2) is 0 Å². The standard InChI is InChI=1S/C20H19IN4O2/c1-26-11-12-27-17-8-7-16(24-10-9-22-14-24)18-19(17)25(23-20(18)21)13-15-5-3-2-4-6-15/h2-10,14H,11-13H2,1H3. The Labute approximate surface area is 170 Å². The molecule has 0 aliphatic carbocycles. The molecule has 27 heavy (non-hydrogen) atoms. The van der Waals surface area contributed by atoms with E-state index in [1.807, 2.05) is 45.8 Å². The van der Waals surface area contributed by atoms with Crippen LogP contribution in [0.25, 0.3) is 16.6 Å². The van der Waals surface area contributed by atoms with Gasteiger partial charge in [-0.3, -0.25) is 4.68 Å². The first kappa shape index (κ1) is 18.0. The van der Waals surface area contributed by atoms with Crippen molar-refractivity contribution >= 4 is 33.5 Å². The molecule has 0 saturated heterocycles. The smallest absolute Gasteiger partial charge is 0.145 e. The van der Waals surface area contributed by atoms with Crippen LogP contribution >= 0.6 is 22.6 Å². The van der Waals surface area contributed by atoms with Gasteiger partial charge in [0.1, 0.15) is 21.6 Å². The van der Waals surface area contributed by atoms with Crippen molar-refractivity contribution in [3.05, 3.63) is 70.4 Å². The molecule has 0 saturated carbocycles. The normalized spacial score (nSPS) is 11.2. The average Bonchev–Trinajstić information content (AvgIpc) is 3.32. The van der Waals surface area contributed by atoms with Crippen LogP contribution in [-0.4, -0.2) is 39.7 Å². The van der Waals surface area contributed by atoms with Gasteiger partial charge in [-0.25, -0.2) is 4.98 Å². The fourth-order valence-electron chi connectivity index (χ4n) is 3.07. The summed E-state index contributed by atoms with van der Waals surface area (Å²) in [5, 5.41) is 5.86. The number of ether oxygens (including phenoxy) is 2. The summed E-state index contributed by atoms with van der Waals surface area (Å²) in [5.41, 5.74) is 3.20. The van der Waals surface area contributed by atoms with E-state index in [-0.39, 0.29) is 0 Å². The third-order valence-corrected chi connectivity index (χ3v) is 5.05. The second-order valence-corrected chi connectivity index (χ2v) is 7.07. The highest BCUT2D eigenvalue weighted by Crippen LogP contribution is 2.34. The molecule has 0 unspecified atom stereocenters. The fourth-order valence-corrected chi connectivity index (χ4v) is 3.86. The van der Waals surface area contributed by atoms with E-state index in [4.69, 9.17) is 14.6 Å². The summed E-state index contributed by atoms with van der Waals surface area (Å²) in [6.07, 6.45) is 5.51.